The van der Waals surface area contributed by atoms with Crippen molar-refractivity contribution in [3.05, 3.63) is 35.9 Å². The van der Waals surface area contributed by atoms with Crippen molar-refractivity contribution in [3.8, 4) is 0 Å². The fourth-order valence-electron chi connectivity index (χ4n) is 0.968. The standard InChI is InChI=1S/C10H11N3O2S/c11-10(12)16-6-8(14)13-9(15)7-4-2-1-3-5-7/h1-5H,6H2,(H3,11,12)(H,13,14,15). The van der Waals surface area contributed by atoms with Gasteiger partial charge in [-0.1, -0.05) is 30.0 Å². The molecule has 0 aromatic heterocycles. The van der Waals surface area contributed by atoms with Crippen LogP contribution in [0, 0.1) is 5.41 Å². The van der Waals surface area contributed by atoms with Crippen molar-refractivity contribution in [1.29, 1.82) is 5.41 Å². The van der Waals surface area contributed by atoms with Crippen LogP contribution in [0.4, 0.5) is 0 Å². The summed E-state index contributed by atoms with van der Waals surface area (Å²) < 4.78 is 0. The minimum Gasteiger partial charge on any atom is -0.379 e. The van der Waals surface area contributed by atoms with Gasteiger partial charge in [-0.3, -0.25) is 20.3 Å². The molecule has 0 radical (unpaired) electrons. The first-order chi connectivity index (χ1) is 7.59. The Hall–Kier alpha value is -1.82. The van der Waals surface area contributed by atoms with Gasteiger partial charge in [0.15, 0.2) is 5.17 Å². The third kappa shape index (κ3) is 4.14. The Morgan fingerprint density at radius 1 is 1.31 bits per heavy atom. The number of nitrogens with one attached hydrogen (secondary N) is 2. The van der Waals surface area contributed by atoms with Crippen molar-refractivity contribution >= 4 is 28.7 Å². The summed E-state index contributed by atoms with van der Waals surface area (Å²) in [5.74, 6) is -0.947. The second kappa shape index (κ2) is 5.92. The van der Waals surface area contributed by atoms with E-state index in [9.17, 15) is 9.59 Å². The molecule has 0 aliphatic rings. The largest absolute Gasteiger partial charge is 0.379 e. The van der Waals surface area contributed by atoms with Gasteiger partial charge in [-0.25, -0.2) is 0 Å². The summed E-state index contributed by atoms with van der Waals surface area (Å²) in [6.07, 6.45) is 0. The van der Waals surface area contributed by atoms with Crippen molar-refractivity contribution in [1.82, 2.24) is 5.32 Å². The molecule has 0 unspecified atom stereocenters. The lowest BCUT2D eigenvalue weighted by Crippen LogP contribution is -2.32. The van der Waals surface area contributed by atoms with Gasteiger partial charge in [-0.15, -0.1) is 0 Å². The molecule has 1 rings (SSSR count). The molecule has 0 heterocycles. The number of hydrogen-bond acceptors (Lipinski definition) is 4. The number of hydrogen-bond donors (Lipinski definition) is 3. The Morgan fingerprint density at radius 2 is 1.94 bits per heavy atom. The van der Waals surface area contributed by atoms with Crippen LogP contribution in [0.1, 0.15) is 10.4 Å². The molecule has 0 saturated carbocycles. The van der Waals surface area contributed by atoms with E-state index in [1.54, 1.807) is 30.3 Å². The van der Waals surface area contributed by atoms with Crippen LogP contribution in [0.5, 0.6) is 0 Å². The van der Waals surface area contributed by atoms with E-state index in [4.69, 9.17) is 11.1 Å². The van der Waals surface area contributed by atoms with Crippen LogP contribution in [0.15, 0.2) is 30.3 Å². The second-order valence-electron chi connectivity index (χ2n) is 2.90. The number of amidine groups is 1. The van der Waals surface area contributed by atoms with Gasteiger partial charge >= 0.3 is 0 Å². The number of carbonyl (C=O) groups is 2. The van der Waals surface area contributed by atoms with Crippen molar-refractivity contribution in [2.75, 3.05) is 5.75 Å². The summed E-state index contributed by atoms with van der Waals surface area (Å²) in [6, 6.07) is 8.43. The Labute approximate surface area is 96.9 Å². The van der Waals surface area contributed by atoms with E-state index in [-0.39, 0.29) is 10.9 Å². The quantitative estimate of drug-likeness (QED) is 0.529. The first-order valence-electron chi connectivity index (χ1n) is 4.45. The maximum absolute atomic E-state index is 11.5. The van der Waals surface area contributed by atoms with Crippen LogP contribution in [-0.2, 0) is 4.79 Å². The minimum absolute atomic E-state index is 0.0338. The smallest absolute Gasteiger partial charge is 0.257 e. The van der Waals surface area contributed by atoms with Crippen LogP contribution >= 0.6 is 11.8 Å². The molecule has 84 valence electrons. The zero-order chi connectivity index (χ0) is 12.0. The van der Waals surface area contributed by atoms with Crippen molar-refractivity contribution in [3.63, 3.8) is 0 Å². The van der Waals surface area contributed by atoms with E-state index in [2.05, 4.69) is 5.32 Å². The van der Waals surface area contributed by atoms with Gasteiger partial charge in [0.25, 0.3) is 5.91 Å². The van der Waals surface area contributed by atoms with E-state index in [0.29, 0.717) is 5.56 Å². The van der Waals surface area contributed by atoms with E-state index < -0.39 is 11.8 Å². The zero-order valence-electron chi connectivity index (χ0n) is 8.40. The molecule has 6 heteroatoms. The number of rotatable bonds is 3. The van der Waals surface area contributed by atoms with E-state index in [1.165, 1.54) is 0 Å². The molecule has 4 N–H and O–H groups in total. The summed E-state index contributed by atoms with van der Waals surface area (Å²) in [5.41, 5.74) is 5.48. The molecule has 0 atom stereocenters. The fraction of sp³-hybridized carbons (Fsp3) is 0.100. The third-order valence-corrected chi connectivity index (χ3v) is 2.37. The minimum atomic E-state index is -0.464. The molecule has 0 fully saturated rings. The van der Waals surface area contributed by atoms with Crippen LogP contribution in [0.2, 0.25) is 0 Å². The van der Waals surface area contributed by atoms with Gasteiger partial charge in [0, 0.05) is 5.56 Å². The van der Waals surface area contributed by atoms with Gasteiger partial charge < -0.3 is 5.73 Å². The average molecular weight is 237 g/mol. The van der Waals surface area contributed by atoms with E-state index in [1.807, 2.05) is 0 Å². The number of thioether (sulfide) groups is 1. The van der Waals surface area contributed by atoms with Crippen molar-refractivity contribution < 1.29 is 9.59 Å². The summed E-state index contributed by atoms with van der Waals surface area (Å²) in [7, 11) is 0. The SMILES string of the molecule is N=C(N)SCC(=O)NC(=O)c1ccccc1. The second-order valence-corrected chi connectivity index (χ2v) is 3.91. The molecule has 1 aromatic rings. The first kappa shape index (κ1) is 12.3. The summed E-state index contributed by atoms with van der Waals surface area (Å²) in [6.45, 7) is 0. The summed E-state index contributed by atoms with van der Waals surface area (Å²) in [5, 5.41) is 8.96. The Bertz CT molecular complexity index is 406. The molecule has 0 bridgehead atoms. The van der Waals surface area contributed by atoms with Gasteiger partial charge in [0.1, 0.15) is 0 Å². The monoisotopic (exact) mass is 237 g/mol. The van der Waals surface area contributed by atoms with Crippen molar-refractivity contribution in [2.45, 2.75) is 0 Å². The maximum atomic E-state index is 11.5. The molecule has 0 spiro atoms. The molecule has 0 saturated heterocycles. The lowest BCUT2D eigenvalue weighted by Gasteiger charge is -2.02. The van der Waals surface area contributed by atoms with Crippen LogP contribution in [0.25, 0.3) is 0 Å². The Morgan fingerprint density at radius 3 is 2.50 bits per heavy atom. The van der Waals surface area contributed by atoms with Gasteiger partial charge in [-0.05, 0) is 12.1 Å². The lowest BCUT2D eigenvalue weighted by molar-refractivity contribution is -0.117. The fourth-order valence-corrected chi connectivity index (χ4v) is 1.33. The van der Waals surface area contributed by atoms with Gasteiger partial charge in [-0.2, -0.15) is 0 Å². The summed E-state index contributed by atoms with van der Waals surface area (Å²) in [4.78, 5) is 22.7. The predicted molar refractivity (Wildman–Crippen MR) is 63.3 cm³/mol. The zero-order valence-corrected chi connectivity index (χ0v) is 9.21. The number of carbonyl (C=O) groups excluding carboxylic acids is 2. The third-order valence-electron chi connectivity index (χ3n) is 1.65. The van der Waals surface area contributed by atoms with Crippen LogP contribution in [0.3, 0.4) is 0 Å². The average Bonchev–Trinajstić information content (AvgIpc) is 2.27. The highest BCUT2D eigenvalue weighted by molar-refractivity contribution is 8.14. The molecule has 2 amide bonds. The van der Waals surface area contributed by atoms with Crippen molar-refractivity contribution in [2.24, 2.45) is 5.73 Å². The molecule has 16 heavy (non-hydrogen) atoms. The molecular formula is C10H11N3O2S. The molecule has 5 nitrogen and oxygen atoms in total. The van der Waals surface area contributed by atoms with E-state index in [0.717, 1.165) is 11.8 Å². The molecular weight excluding hydrogens is 226 g/mol. The number of nitrogens with two attached hydrogens (primary N) is 1. The van der Waals surface area contributed by atoms with Gasteiger partial charge in [0.05, 0.1) is 5.75 Å². The summed E-state index contributed by atoms with van der Waals surface area (Å²) >= 11 is 0.873. The lowest BCUT2D eigenvalue weighted by atomic mass is 10.2. The Kier molecular flexibility index (Phi) is 4.53. The highest BCUT2D eigenvalue weighted by Gasteiger charge is 2.09. The molecule has 0 aliphatic carbocycles. The molecule has 0 aliphatic heterocycles. The highest BCUT2D eigenvalue weighted by Crippen LogP contribution is 2.00. The number of amides is 2. The van der Waals surface area contributed by atoms with E-state index >= 15 is 0 Å². The normalized spacial score (nSPS) is 9.50. The van der Waals surface area contributed by atoms with Crippen LogP contribution in [-0.4, -0.2) is 22.7 Å². The van der Waals surface area contributed by atoms with Crippen LogP contribution < -0.4 is 11.1 Å². The maximum Gasteiger partial charge on any atom is 0.257 e. The topological polar surface area (TPSA) is 96.0 Å². The molecule has 1 aromatic carbocycles. The highest BCUT2D eigenvalue weighted by atomic mass is 32.2. The van der Waals surface area contributed by atoms with Gasteiger partial charge in [0.2, 0.25) is 5.91 Å². The number of benzene rings is 1. The number of imide groups is 1. The predicted octanol–water partition coefficient (Wildman–Crippen LogP) is 0.570. The first-order valence-corrected chi connectivity index (χ1v) is 5.44. The Balaban J connectivity index is 2.46.